The second-order valence-corrected chi connectivity index (χ2v) is 2.20. The molecule has 0 radical (unpaired) electrons. The molecule has 0 atom stereocenters. The number of anilines is 1. The highest BCUT2D eigenvalue weighted by Crippen LogP contribution is 2.00. The molecule has 0 aromatic carbocycles. The molecule has 2 N–H and O–H groups in total. The molecule has 0 unspecified atom stereocenters. The number of rotatable bonds is 3. The largest absolute Gasteiger partial charge is 0.395 e. The van der Waals surface area contributed by atoms with Crippen molar-refractivity contribution < 1.29 is 5.11 Å². The van der Waals surface area contributed by atoms with Crippen molar-refractivity contribution in [3.8, 4) is 0 Å². The summed E-state index contributed by atoms with van der Waals surface area (Å²) in [5.74, 6) is 0.756. The molecule has 0 spiro atoms. The molecule has 0 saturated carbocycles. The van der Waals surface area contributed by atoms with Gasteiger partial charge in [-0.05, 0) is 6.92 Å². The van der Waals surface area contributed by atoms with Crippen molar-refractivity contribution in [3.63, 3.8) is 0 Å². The molecule has 60 valence electrons. The van der Waals surface area contributed by atoms with Crippen molar-refractivity contribution >= 4 is 5.82 Å². The molecule has 0 bridgehead atoms. The Kier molecular flexibility index (Phi) is 2.80. The zero-order chi connectivity index (χ0) is 8.10. The van der Waals surface area contributed by atoms with Crippen molar-refractivity contribution in [3.05, 3.63) is 18.1 Å². The minimum absolute atomic E-state index is 0.114. The number of aliphatic hydroxyl groups is 1. The van der Waals surface area contributed by atoms with E-state index in [1.807, 2.05) is 13.0 Å². The number of aliphatic hydroxyl groups excluding tert-OH is 1. The Morgan fingerprint density at radius 3 is 3.00 bits per heavy atom. The molecular formula is C7H11N3O. The molecule has 0 aliphatic carbocycles. The summed E-state index contributed by atoms with van der Waals surface area (Å²) in [7, 11) is 0. The molecule has 1 aromatic heterocycles. The first-order valence-electron chi connectivity index (χ1n) is 3.46. The molecule has 4 heteroatoms. The second kappa shape index (κ2) is 3.88. The first-order chi connectivity index (χ1) is 5.33. The molecule has 0 aliphatic heterocycles. The lowest BCUT2D eigenvalue weighted by molar-refractivity contribution is 0.311. The minimum atomic E-state index is 0.114. The molecule has 0 amide bonds. The van der Waals surface area contributed by atoms with Gasteiger partial charge >= 0.3 is 0 Å². The second-order valence-electron chi connectivity index (χ2n) is 2.20. The average molecular weight is 153 g/mol. The molecular weight excluding hydrogens is 142 g/mol. The van der Waals surface area contributed by atoms with Crippen LogP contribution in [0.2, 0.25) is 0 Å². The highest BCUT2D eigenvalue weighted by atomic mass is 16.3. The van der Waals surface area contributed by atoms with E-state index < -0.39 is 0 Å². The van der Waals surface area contributed by atoms with Crippen LogP contribution in [-0.4, -0.2) is 28.2 Å². The van der Waals surface area contributed by atoms with Gasteiger partial charge in [-0.15, -0.1) is 0 Å². The number of aryl methyl sites for hydroxylation is 1. The monoisotopic (exact) mass is 153 g/mol. The molecule has 0 saturated heterocycles. The van der Waals surface area contributed by atoms with Gasteiger partial charge in [-0.1, -0.05) is 0 Å². The van der Waals surface area contributed by atoms with Gasteiger partial charge in [0.1, 0.15) is 12.1 Å². The summed E-state index contributed by atoms with van der Waals surface area (Å²) >= 11 is 0. The SMILES string of the molecule is Cc1cc(NCCO)ncn1. The van der Waals surface area contributed by atoms with E-state index in [-0.39, 0.29) is 6.61 Å². The zero-order valence-electron chi connectivity index (χ0n) is 6.41. The maximum Gasteiger partial charge on any atom is 0.129 e. The highest BCUT2D eigenvalue weighted by Gasteiger charge is 1.91. The fraction of sp³-hybridized carbons (Fsp3) is 0.429. The van der Waals surface area contributed by atoms with Crippen LogP contribution in [0.3, 0.4) is 0 Å². The van der Waals surface area contributed by atoms with Gasteiger partial charge in [0.25, 0.3) is 0 Å². The number of aromatic nitrogens is 2. The van der Waals surface area contributed by atoms with E-state index in [0.717, 1.165) is 11.5 Å². The normalized spacial score (nSPS) is 9.64. The fourth-order valence-corrected chi connectivity index (χ4v) is 0.735. The van der Waals surface area contributed by atoms with Gasteiger partial charge in [0.05, 0.1) is 6.61 Å². The molecule has 1 aromatic rings. The van der Waals surface area contributed by atoms with Crippen LogP contribution in [0.4, 0.5) is 5.82 Å². The van der Waals surface area contributed by atoms with E-state index in [9.17, 15) is 0 Å². The van der Waals surface area contributed by atoms with Crippen molar-refractivity contribution in [1.82, 2.24) is 9.97 Å². The molecule has 0 fully saturated rings. The summed E-state index contributed by atoms with van der Waals surface area (Å²) in [4.78, 5) is 7.88. The van der Waals surface area contributed by atoms with Crippen LogP contribution in [0.5, 0.6) is 0 Å². The van der Waals surface area contributed by atoms with Crippen molar-refractivity contribution in [1.29, 1.82) is 0 Å². The maximum atomic E-state index is 8.49. The van der Waals surface area contributed by atoms with Crippen molar-refractivity contribution in [2.75, 3.05) is 18.5 Å². The van der Waals surface area contributed by atoms with Crippen LogP contribution in [0.1, 0.15) is 5.69 Å². The third-order valence-corrected chi connectivity index (χ3v) is 1.22. The smallest absolute Gasteiger partial charge is 0.129 e. The standard InChI is InChI=1S/C7H11N3O/c1-6-4-7(8-2-3-11)10-5-9-6/h4-5,11H,2-3H2,1H3,(H,8,9,10). The first-order valence-corrected chi connectivity index (χ1v) is 3.46. The molecule has 1 rings (SSSR count). The van der Waals surface area contributed by atoms with Crippen LogP contribution in [0, 0.1) is 6.92 Å². The Hall–Kier alpha value is -1.16. The van der Waals surface area contributed by atoms with Gasteiger partial charge in [0.15, 0.2) is 0 Å². The number of nitrogens with one attached hydrogen (secondary N) is 1. The molecule has 1 heterocycles. The van der Waals surface area contributed by atoms with Crippen LogP contribution in [0.25, 0.3) is 0 Å². The van der Waals surface area contributed by atoms with Gasteiger partial charge in [-0.2, -0.15) is 0 Å². The number of hydrogen-bond acceptors (Lipinski definition) is 4. The average Bonchev–Trinajstić information content (AvgIpc) is 2.01. The van der Waals surface area contributed by atoms with Gasteiger partial charge in [0, 0.05) is 18.3 Å². The summed E-state index contributed by atoms with van der Waals surface area (Å²) < 4.78 is 0. The number of hydrogen-bond donors (Lipinski definition) is 2. The summed E-state index contributed by atoms with van der Waals surface area (Å²) in [6.45, 7) is 2.53. The van der Waals surface area contributed by atoms with Crippen LogP contribution in [-0.2, 0) is 0 Å². The predicted molar refractivity (Wildman–Crippen MR) is 42.3 cm³/mol. The van der Waals surface area contributed by atoms with Gasteiger partial charge < -0.3 is 10.4 Å². The summed E-state index contributed by atoms with van der Waals surface area (Å²) in [5.41, 5.74) is 0.917. The fourth-order valence-electron chi connectivity index (χ4n) is 0.735. The van der Waals surface area contributed by atoms with E-state index in [2.05, 4.69) is 15.3 Å². The lowest BCUT2D eigenvalue weighted by Gasteiger charge is -2.01. The van der Waals surface area contributed by atoms with E-state index >= 15 is 0 Å². The Balaban J connectivity index is 2.56. The van der Waals surface area contributed by atoms with Crippen molar-refractivity contribution in [2.45, 2.75) is 6.92 Å². The summed E-state index contributed by atoms with van der Waals surface area (Å²) in [6.07, 6.45) is 1.50. The summed E-state index contributed by atoms with van der Waals surface area (Å²) in [6, 6.07) is 1.83. The number of nitrogens with zero attached hydrogens (tertiary/aromatic N) is 2. The maximum absolute atomic E-state index is 8.49. The van der Waals surface area contributed by atoms with E-state index in [0.29, 0.717) is 6.54 Å². The zero-order valence-corrected chi connectivity index (χ0v) is 6.41. The highest BCUT2D eigenvalue weighted by molar-refractivity contribution is 5.33. The van der Waals surface area contributed by atoms with Crippen LogP contribution in [0.15, 0.2) is 12.4 Å². The molecule has 0 aliphatic rings. The minimum Gasteiger partial charge on any atom is -0.395 e. The molecule has 11 heavy (non-hydrogen) atoms. The van der Waals surface area contributed by atoms with Crippen LogP contribution >= 0.6 is 0 Å². The quantitative estimate of drug-likeness (QED) is 0.650. The van der Waals surface area contributed by atoms with Gasteiger partial charge in [-0.25, -0.2) is 9.97 Å². The molecule has 4 nitrogen and oxygen atoms in total. The Bertz CT molecular complexity index is 227. The van der Waals surface area contributed by atoms with Crippen molar-refractivity contribution in [2.24, 2.45) is 0 Å². The van der Waals surface area contributed by atoms with E-state index in [4.69, 9.17) is 5.11 Å². The van der Waals surface area contributed by atoms with Gasteiger partial charge in [-0.3, -0.25) is 0 Å². The third-order valence-electron chi connectivity index (χ3n) is 1.22. The summed E-state index contributed by atoms with van der Waals surface area (Å²) in [5, 5.41) is 11.4. The topological polar surface area (TPSA) is 58.0 Å². The Labute approximate surface area is 65.3 Å². The van der Waals surface area contributed by atoms with E-state index in [1.165, 1.54) is 6.33 Å². The van der Waals surface area contributed by atoms with Gasteiger partial charge in [0.2, 0.25) is 0 Å². The lowest BCUT2D eigenvalue weighted by atomic mass is 10.4. The lowest BCUT2D eigenvalue weighted by Crippen LogP contribution is -2.07. The Morgan fingerprint density at radius 1 is 1.55 bits per heavy atom. The first kappa shape index (κ1) is 7.94. The van der Waals surface area contributed by atoms with Crippen LogP contribution < -0.4 is 5.32 Å². The third kappa shape index (κ3) is 2.51. The van der Waals surface area contributed by atoms with E-state index in [1.54, 1.807) is 0 Å². The predicted octanol–water partition coefficient (Wildman–Crippen LogP) is 0.189. The Morgan fingerprint density at radius 2 is 2.36 bits per heavy atom.